The first-order valence-electron chi connectivity index (χ1n) is 3.40. The molecule has 3 heteroatoms. The van der Waals surface area contributed by atoms with Crippen molar-refractivity contribution in [2.24, 2.45) is 0 Å². The van der Waals surface area contributed by atoms with Crippen LogP contribution in [0.1, 0.15) is 6.42 Å². The largest absolute Gasteiger partial charge is 0.396 e. The van der Waals surface area contributed by atoms with Crippen molar-refractivity contribution in [1.29, 1.82) is 0 Å². The smallest absolute Gasteiger partial charge is 0.0794 e. The Morgan fingerprint density at radius 2 is 2.50 bits per heavy atom. The van der Waals surface area contributed by atoms with Crippen molar-refractivity contribution in [2.75, 3.05) is 19.8 Å². The SMILES string of the molecule is OCCC(O)C1=CCOC1. The van der Waals surface area contributed by atoms with E-state index in [1.807, 2.05) is 6.08 Å². The molecule has 0 aromatic rings. The van der Waals surface area contributed by atoms with Crippen molar-refractivity contribution in [2.45, 2.75) is 12.5 Å². The molecule has 3 nitrogen and oxygen atoms in total. The fraction of sp³-hybridized carbons (Fsp3) is 0.714. The molecule has 1 aliphatic heterocycles. The summed E-state index contributed by atoms with van der Waals surface area (Å²) in [5, 5.41) is 17.7. The lowest BCUT2D eigenvalue weighted by Gasteiger charge is -2.07. The fourth-order valence-electron chi connectivity index (χ4n) is 0.942. The standard InChI is InChI=1S/C7H12O3/c8-3-1-7(9)6-2-4-10-5-6/h2,7-9H,1,3-5H2. The van der Waals surface area contributed by atoms with Crippen LogP contribution >= 0.6 is 0 Å². The van der Waals surface area contributed by atoms with E-state index < -0.39 is 6.10 Å². The molecule has 0 fully saturated rings. The van der Waals surface area contributed by atoms with E-state index in [0.717, 1.165) is 5.57 Å². The first kappa shape index (κ1) is 7.72. The van der Waals surface area contributed by atoms with E-state index in [1.54, 1.807) is 0 Å². The zero-order valence-corrected chi connectivity index (χ0v) is 5.79. The van der Waals surface area contributed by atoms with Crippen LogP contribution in [0.25, 0.3) is 0 Å². The molecule has 0 radical (unpaired) electrons. The Balaban J connectivity index is 2.32. The second-order valence-corrected chi connectivity index (χ2v) is 2.32. The average molecular weight is 144 g/mol. The van der Waals surface area contributed by atoms with Gasteiger partial charge in [-0.3, -0.25) is 0 Å². The Bertz CT molecular complexity index is 131. The van der Waals surface area contributed by atoms with Gasteiger partial charge in [-0.25, -0.2) is 0 Å². The maximum Gasteiger partial charge on any atom is 0.0794 e. The Hall–Kier alpha value is -0.380. The van der Waals surface area contributed by atoms with Crippen LogP contribution in [-0.4, -0.2) is 36.1 Å². The van der Waals surface area contributed by atoms with E-state index in [4.69, 9.17) is 9.84 Å². The topological polar surface area (TPSA) is 49.7 Å². The monoisotopic (exact) mass is 144 g/mol. The van der Waals surface area contributed by atoms with Crippen LogP contribution in [0.2, 0.25) is 0 Å². The highest BCUT2D eigenvalue weighted by Crippen LogP contribution is 2.11. The lowest BCUT2D eigenvalue weighted by Crippen LogP contribution is -2.13. The summed E-state index contributed by atoms with van der Waals surface area (Å²) in [6, 6.07) is 0. The maximum atomic E-state index is 9.24. The minimum Gasteiger partial charge on any atom is -0.396 e. The first-order chi connectivity index (χ1) is 4.84. The summed E-state index contributed by atoms with van der Waals surface area (Å²) in [5.74, 6) is 0. The molecule has 0 saturated carbocycles. The molecule has 1 heterocycles. The molecule has 1 rings (SSSR count). The Morgan fingerprint density at radius 1 is 1.70 bits per heavy atom. The summed E-state index contributed by atoms with van der Waals surface area (Å²) in [7, 11) is 0. The third-order valence-corrected chi connectivity index (χ3v) is 1.56. The van der Waals surface area contributed by atoms with E-state index in [9.17, 15) is 5.11 Å². The summed E-state index contributed by atoms with van der Waals surface area (Å²) >= 11 is 0. The predicted octanol–water partition coefficient (Wildman–Crippen LogP) is -0.314. The first-order valence-corrected chi connectivity index (χ1v) is 3.40. The number of aliphatic hydroxyl groups is 2. The Morgan fingerprint density at radius 3 is 3.00 bits per heavy atom. The van der Waals surface area contributed by atoms with Crippen molar-refractivity contribution in [3.8, 4) is 0 Å². The number of aliphatic hydroxyl groups excluding tert-OH is 2. The lowest BCUT2D eigenvalue weighted by atomic mass is 10.1. The molecule has 0 aromatic carbocycles. The fourth-order valence-corrected chi connectivity index (χ4v) is 0.942. The molecule has 0 amide bonds. The van der Waals surface area contributed by atoms with E-state index in [-0.39, 0.29) is 6.61 Å². The molecular formula is C7H12O3. The van der Waals surface area contributed by atoms with E-state index >= 15 is 0 Å². The Labute approximate surface area is 59.9 Å². The minimum absolute atomic E-state index is 0.0263. The van der Waals surface area contributed by atoms with Gasteiger partial charge in [-0.05, 0) is 5.57 Å². The lowest BCUT2D eigenvalue weighted by molar-refractivity contribution is 0.141. The van der Waals surface area contributed by atoms with Crippen molar-refractivity contribution in [3.63, 3.8) is 0 Å². The molecule has 1 aliphatic rings. The molecule has 0 bridgehead atoms. The molecule has 0 aromatic heterocycles. The molecule has 0 aliphatic carbocycles. The highest BCUT2D eigenvalue weighted by atomic mass is 16.5. The van der Waals surface area contributed by atoms with Crippen LogP contribution < -0.4 is 0 Å². The van der Waals surface area contributed by atoms with Crippen molar-refractivity contribution in [1.82, 2.24) is 0 Å². The maximum absolute atomic E-state index is 9.24. The van der Waals surface area contributed by atoms with Crippen LogP contribution in [0, 0.1) is 0 Å². The van der Waals surface area contributed by atoms with Gasteiger partial charge in [0.25, 0.3) is 0 Å². The molecule has 1 atom stereocenters. The van der Waals surface area contributed by atoms with Gasteiger partial charge in [-0.15, -0.1) is 0 Å². The van der Waals surface area contributed by atoms with E-state index in [1.165, 1.54) is 0 Å². The zero-order valence-electron chi connectivity index (χ0n) is 5.79. The second-order valence-electron chi connectivity index (χ2n) is 2.32. The molecule has 1 unspecified atom stereocenters. The molecule has 2 N–H and O–H groups in total. The van der Waals surface area contributed by atoms with Gasteiger partial charge in [-0.2, -0.15) is 0 Å². The highest BCUT2D eigenvalue weighted by Gasteiger charge is 2.13. The predicted molar refractivity (Wildman–Crippen MR) is 36.6 cm³/mol. The summed E-state index contributed by atoms with van der Waals surface area (Å²) in [6.07, 6.45) is 1.77. The van der Waals surface area contributed by atoms with Gasteiger partial charge >= 0.3 is 0 Å². The van der Waals surface area contributed by atoms with Gasteiger partial charge in [-0.1, -0.05) is 6.08 Å². The van der Waals surface area contributed by atoms with Gasteiger partial charge in [0.15, 0.2) is 0 Å². The molecule has 0 spiro atoms. The van der Waals surface area contributed by atoms with Gasteiger partial charge in [0, 0.05) is 13.0 Å². The zero-order chi connectivity index (χ0) is 7.40. The third kappa shape index (κ3) is 1.80. The average Bonchev–Trinajstić information content (AvgIpc) is 2.38. The van der Waals surface area contributed by atoms with Crippen molar-refractivity contribution >= 4 is 0 Å². The number of hydrogen-bond acceptors (Lipinski definition) is 3. The molecule has 0 saturated heterocycles. The van der Waals surface area contributed by atoms with Crippen LogP contribution in [0.4, 0.5) is 0 Å². The highest BCUT2D eigenvalue weighted by molar-refractivity contribution is 5.11. The number of ether oxygens (including phenoxy) is 1. The van der Waals surface area contributed by atoms with Gasteiger partial charge in [0.2, 0.25) is 0 Å². The normalized spacial score (nSPS) is 20.8. The third-order valence-electron chi connectivity index (χ3n) is 1.56. The van der Waals surface area contributed by atoms with Crippen molar-refractivity contribution in [3.05, 3.63) is 11.6 Å². The number of rotatable bonds is 3. The van der Waals surface area contributed by atoms with Gasteiger partial charge in [0.05, 0.1) is 19.3 Å². The van der Waals surface area contributed by atoms with Crippen LogP contribution in [0.3, 0.4) is 0 Å². The van der Waals surface area contributed by atoms with Crippen LogP contribution in [0.5, 0.6) is 0 Å². The second kappa shape index (κ2) is 3.71. The van der Waals surface area contributed by atoms with Gasteiger partial charge in [0.1, 0.15) is 0 Å². The summed E-state index contributed by atoms with van der Waals surface area (Å²) in [4.78, 5) is 0. The van der Waals surface area contributed by atoms with E-state index in [2.05, 4.69) is 0 Å². The van der Waals surface area contributed by atoms with Crippen molar-refractivity contribution < 1.29 is 14.9 Å². The number of hydrogen-bond donors (Lipinski definition) is 2. The van der Waals surface area contributed by atoms with Crippen LogP contribution in [0.15, 0.2) is 11.6 Å². The summed E-state index contributed by atoms with van der Waals surface area (Å²) in [6.45, 7) is 1.14. The quantitative estimate of drug-likeness (QED) is 0.534. The molecule has 58 valence electrons. The molecule has 10 heavy (non-hydrogen) atoms. The van der Waals surface area contributed by atoms with E-state index in [0.29, 0.717) is 19.6 Å². The summed E-state index contributed by atoms with van der Waals surface area (Å²) < 4.78 is 4.99. The van der Waals surface area contributed by atoms with Crippen LogP contribution in [-0.2, 0) is 4.74 Å². The Kier molecular flexibility index (Phi) is 2.86. The minimum atomic E-state index is -0.507. The summed E-state index contributed by atoms with van der Waals surface area (Å²) in [5.41, 5.74) is 0.897. The van der Waals surface area contributed by atoms with Gasteiger partial charge < -0.3 is 14.9 Å². The molecular weight excluding hydrogens is 132 g/mol.